The van der Waals surface area contributed by atoms with Crippen LogP contribution in [0, 0.1) is 11.7 Å². The third-order valence-electron chi connectivity index (χ3n) is 5.46. The predicted molar refractivity (Wildman–Crippen MR) is 105 cm³/mol. The molecule has 1 saturated heterocycles. The van der Waals surface area contributed by atoms with Gasteiger partial charge in [-0.1, -0.05) is 24.3 Å². The van der Waals surface area contributed by atoms with Crippen molar-refractivity contribution in [1.82, 2.24) is 10.2 Å². The van der Waals surface area contributed by atoms with E-state index in [1.807, 2.05) is 29.2 Å². The Bertz CT molecular complexity index is 862. The van der Waals surface area contributed by atoms with Crippen LogP contribution in [0.15, 0.2) is 48.5 Å². The maximum atomic E-state index is 13.0. The Balaban J connectivity index is 1.28. The topological polar surface area (TPSA) is 61.4 Å². The molecule has 2 N–H and O–H groups in total. The molecule has 2 fully saturated rings. The van der Waals surface area contributed by atoms with Crippen molar-refractivity contribution in [1.29, 1.82) is 0 Å². The van der Waals surface area contributed by atoms with Gasteiger partial charge in [-0.15, -0.1) is 0 Å². The van der Waals surface area contributed by atoms with Gasteiger partial charge in [-0.2, -0.15) is 0 Å². The van der Waals surface area contributed by atoms with Crippen molar-refractivity contribution in [3.63, 3.8) is 0 Å². The highest BCUT2D eigenvalue weighted by Crippen LogP contribution is 2.47. The van der Waals surface area contributed by atoms with E-state index in [1.54, 1.807) is 12.1 Å². The number of carbonyl (C=O) groups is 2. The van der Waals surface area contributed by atoms with Gasteiger partial charge in [-0.25, -0.2) is 9.18 Å². The Morgan fingerprint density at radius 3 is 2.57 bits per heavy atom. The molecule has 28 heavy (non-hydrogen) atoms. The lowest BCUT2D eigenvalue weighted by atomic mass is 10.1. The second-order valence-electron chi connectivity index (χ2n) is 7.54. The van der Waals surface area contributed by atoms with Crippen LogP contribution in [0.5, 0.6) is 0 Å². The number of halogens is 1. The van der Waals surface area contributed by atoms with Crippen LogP contribution < -0.4 is 10.6 Å². The van der Waals surface area contributed by atoms with Gasteiger partial charge in [-0.05, 0) is 60.6 Å². The van der Waals surface area contributed by atoms with Crippen molar-refractivity contribution in [2.75, 3.05) is 18.4 Å². The number of rotatable bonds is 5. The smallest absolute Gasteiger partial charge is 0.321 e. The standard InChI is InChI=1S/C22H24FN3O2/c23-17-8-6-16(7-9-17)19-13-20(19)21(27)24-14-15-4-3-5-18(12-15)25-22(28)26-10-1-2-11-26/h3-9,12,19-20H,1-2,10-11,13-14H2,(H,24,27)(H,25,28). The summed E-state index contributed by atoms with van der Waals surface area (Å²) in [5, 5.41) is 5.90. The minimum Gasteiger partial charge on any atom is -0.352 e. The van der Waals surface area contributed by atoms with Gasteiger partial charge in [0.25, 0.3) is 0 Å². The fourth-order valence-corrected chi connectivity index (χ4v) is 3.77. The normalized spacial score (nSPS) is 20.7. The van der Waals surface area contributed by atoms with Crippen LogP contribution in [-0.4, -0.2) is 29.9 Å². The van der Waals surface area contributed by atoms with Crippen molar-refractivity contribution in [2.45, 2.75) is 31.7 Å². The summed E-state index contributed by atoms with van der Waals surface area (Å²) >= 11 is 0. The molecule has 1 aliphatic carbocycles. The van der Waals surface area contributed by atoms with Crippen molar-refractivity contribution in [2.24, 2.45) is 5.92 Å². The van der Waals surface area contributed by atoms with Crippen molar-refractivity contribution < 1.29 is 14.0 Å². The highest BCUT2D eigenvalue weighted by Gasteiger charge is 2.43. The molecule has 2 aliphatic rings. The fraction of sp³-hybridized carbons (Fsp3) is 0.364. The van der Waals surface area contributed by atoms with E-state index in [2.05, 4.69) is 10.6 Å². The van der Waals surface area contributed by atoms with Gasteiger partial charge in [0.2, 0.25) is 5.91 Å². The Morgan fingerprint density at radius 1 is 1.07 bits per heavy atom. The summed E-state index contributed by atoms with van der Waals surface area (Å²) in [5.41, 5.74) is 2.68. The maximum absolute atomic E-state index is 13.0. The number of likely N-dealkylation sites (tertiary alicyclic amines) is 1. The molecule has 1 saturated carbocycles. The first-order chi connectivity index (χ1) is 13.6. The molecule has 0 radical (unpaired) electrons. The molecule has 6 heteroatoms. The molecule has 2 atom stereocenters. The zero-order valence-corrected chi connectivity index (χ0v) is 15.7. The zero-order chi connectivity index (χ0) is 19.5. The first-order valence-corrected chi connectivity index (χ1v) is 9.78. The van der Waals surface area contributed by atoms with Crippen LogP contribution in [0.2, 0.25) is 0 Å². The number of hydrogen-bond acceptors (Lipinski definition) is 2. The molecule has 4 rings (SSSR count). The van der Waals surface area contributed by atoms with Gasteiger partial charge in [0, 0.05) is 31.2 Å². The van der Waals surface area contributed by atoms with E-state index in [9.17, 15) is 14.0 Å². The molecule has 0 bridgehead atoms. The molecule has 146 valence electrons. The van der Waals surface area contributed by atoms with E-state index < -0.39 is 0 Å². The summed E-state index contributed by atoms with van der Waals surface area (Å²) in [6.45, 7) is 2.02. The van der Waals surface area contributed by atoms with Crippen molar-refractivity contribution in [3.8, 4) is 0 Å². The largest absolute Gasteiger partial charge is 0.352 e. The van der Waals surface area contributed by atoms with E-state index in [-0.39, 0.29) is 29.6 Å². The third-order valence-corrected chi connectivity index (χ3v) is 5.46. The molecule has 2 unspecified atom stereocenters. The van der Waals surface area contributed by atoms with E-state index in [1.165, 1.54) is 12.1 Å². The summed E-state index contributed by atoms with van der Waals surface area (Å²) in [6.07, 6.45) is 2.91. The number of benzene rings is 2. The quantitative estimate of drug-likeness (QED) is 0.826. The van der Waals surface area contributed by atoms with Crippen LogP contribution in [-0.2, 0) is 11.3 Å². The minimum atomic E-state index is -0.262. The Morgan fingerprint density at radius 2 is 1.82 bits per heavy atom. The van der Waals surface area contributed by atoms with E-state index in [0.29, 0.717) is 6.54 Å². The zero-order valence-electron chi connectivity index (χ0n) is 15.7. The molecule has 2 aromatic carbocycles. The van der Waals surface area contributed by atoms with Gasteiger partial charge in [0.15, 0.2) is 0 Å². The number of anilines is 1. The Kier molecular flexibility index (Phi) is 5.28. The molecular formula is C22H24FN3O2. The minimum absolute atomic E-state index is 0.0147. The summed E-state index contributed by atoms with van der Waals surface area (Å²) in [7, 11) is 0. The fourth-order valence-electron chi connectivity index (χ4n) is 3.77. The lowest BCUT2D eigenvalue weighted by molar-refractivity contribution is -0.122. The lowest BCUT2D eigenvalue weighted by Crippen LogP contribution is -2.32. The molecule has 0 spiro atoms. The van der Waals surface area contributed by atoms with Gasteiger partial charge < -0.3 is 15.5 Å². The SMILES string of the molecule is O=C(NCc1cccc(NC(=O)N2CCCC2)c1)C1CC1c1ccc(F)cc1. The molecular weight excluding hydrogens is 357 g/mol. The number of nitrogens with one attached hydrogen (secondary N) is 2. The average Bonchev–Trinajstić information content (AvgIpc) is 3.30. The van der Waals surface area contributed by atoms with Crippen molar-refractivity contribution >= 4 is 17.6 Å². The van der Waals surface area contributed by atoms with Crippen molar-refractivity contribution in [3.05, 3.63) is 65.5 Å². The highest BCUT2D eigenvalue weighted by molar-refractivity contribution is 5.89. The summed E-state index contributed by atoms with van der Waals surface area (Å²) in [5.74, 6) is -0.127. The van der Waals surface area contributed by atoms with Crippen LogP contribution in [0.4, 0.5) is 14.9 Å². The van der Waals surface area contributed by atoms with Gasteiger partial charge in [0.05, 0.1) is 0 Å². The van der Waals surface area contributed by atoms with E-state index >= 15 is 0 Å². The Labute approximate surface area is 163 Å². The molecule has 1 heterocycles. The maximum Gasteiger partial charge on any atom is 0.321 e. The predicted octanol–water partition coefficient (Wildman–Crippen LogP) is 3.87. The first-order valence-electron chi connectivity index (χ1n) is 9.78. The molecule has 1 aliphatic heterocycles. The second-order valence-corrected chi connectivity index (χ2v) is 7.54. The summed E-state index contributed by atoms with van der Waals surface area (Å²) in [6, 6.07) is 13.8. The van der Waals surface area contributed by atoms with Gasteiger partial charge >= 0.3 is 6.03 Å². The number of urea groups is 1. The molecule has 0 aromatic heterocycles. The Hall–Kier alpha value is -2.89. The third kappa shape index (κ3) is 4.32. The summed E-state index contributed by atoms with van der Waals surface area (Å²) in [4.78, 5) is 26.4. The average molecular weight is 381 g/mol. The number of amides is 3. The molecule has 3 amide bonds. The van der Waals surface area contributed by atoms with Gasteiger partial charge in [-0.3, -0.25) is 4.79 Å². The van der Waals surface area contributed by atoms with Gasteiger partial charge in [0.1, 0.15) is 5.82 Å². The number of carbonyl (C=O) groups excluding carboxylic acids is 2. The van der Waals surface area contributed by atoms with Crippen LogP contribution in [0.1, 0.15) is 36.3 Å². The highest BCUT2D eigenvalue weighted by atomic mass is 19.1. The van der Waals surface area contributed by atoms with Crippen LogP contribution >= 0.6 is 0 Å². The number of hydrogen-bond donors (Lipinski definition) is 2. The van der Waals surface area contributed by atoms with Crippen LogP contribution in [0.3, 0.4) is 0 Å². The first kappa shape index (κ1) is 18.5. The molecule has 2 aromatic rings. The molecule has 5 nitrogen and oxygen atoms in total. The van der Waals surface area contributed by atoms with Crippen LogP contribution in [0.25, 0.3) is 0 Å². The van der Waals surface area contributed by atoms with E-state index in [0.717, 1.165) is 49.2 Å². The summed E-state index contributed by atoms with van der Waals surface area (Å²) < 4.78 is 13.0. The lowest BCUT2D eigenvalue weighted by Gasteiger charge is -2.16. The second kappa shape index (κ2) is 8.00. The monoisotopic (exact) mass is 381 g/mol. The van der Waals surface area contributed by atoms with E-state index in [4.69, 9.17) is 0 Å². The number of nitrogens with zero attached hydrogens (tertiary/aromatic N) is 1.